The van der Waals surface area contributed by atoms with E-state index in [0.717, 1.165) is 5.02 Å². The molecule has 0 bridgehead atoms. The Morgan fingerprint density at radius 3 is 1.70 bits per heavy atom. The normalized spacial score (nSPS) is 7.10. The third-order valence-corrected chi connectivity index (χ3v) is 0.985. The SMILES string of the molecule is Clc1ccccc1.[I][Zn][I]. The first-order valence-corrected chi connectivity index (χ1v) is 21.1. The van der Waals surface area contributed by atoms with Crippen LogP contribution in [0.1, 0.15) is 0 Å². The van der Waals surface area contributed by atoms with Gasteiger partial charge in [0.05, 0.1) is 0 Å². The summed E-state index contributed by atoms with van der Waals surface area (Å²) in [4.78, 5) is 0. The van der Waals surface area contributed by atoms with E-state index in [-0.39, 0.29) is 10.1 Å². The predicted octanol–water partition coefficient (Wildman–Crippen LogP) is 4.11. The van der Waals surface area contributed by atoms with Gasteiger partial charge in [-0.15, -0.1) is 0 Å². The van der Waals surface area contributed by atoms with Gasteiger partial charge in [-0.1, -0.05) is 29.8 Å². The Morgan fingerprint density at radius 2 is 1.50 bits per heavy atom. The van der Waals surface area contributed by atoms with Gasteiger partial charge < -0.3 is 0 Å². The average molecular weight is 432 g/mol. The van der Waals surface area contributed by atoms with Crippen molar-refractivity contribution in [2.75, 3.05) is 0 Å². The van der Waals surface area contributed by atoms with Gasteiger partial charge in [-0.25, -0.2) is 0 Å². The van der Waals surface area contributed by atoms with Crippen LogP contribution in [-0.4, -0.2) is 0 Å². The Bertz CT molecular complexity index is 157. The van der Waals surface area contributed by atoms with E-state index in [0.29, 0.717) is 0 Å². The molecule has 0 aliphatic carbocycles. The second-order valence-electron chi connectivity index (χ2n) is 1.40. The fourth-order valence-corrected chi connectivity index (χ4v) is 0.560. The van der Waals surface area contributed by atoms with Crippen molar-refractivity contribution in [1.82, 2.24) is 0 Å². The van der Waals surface area contributed by atoms with Crippen molar-refractivity contribution in [3.05, 3.63) is 35.4 Å². The zero-order chi connectivity index (χ0) is 7.82. The molecule has 52 valence electrons. The van der Waals surface area contributed by atoms with Gasteiger partial charge in [0, 0.05) is 5.02 Å². The van der Waals surface area contributed by atoms with Crippen LogP contribution in [0, 0.1) is 0 Å². The molecule has 0 radical (unpaired) electrons. The van der Waals surface area contributed by atoms with Crippen LogP contribution in [-0.2, 0) is 10.1 Å². The molecule has 0 fully saturated rings. The standard InChI is InChI=1S/C6H5Cl.2HI.Zn/c7-6-4-2-1-3-5-6;;;/h1-5H;2*1H;/q;;;+2/p-2. The van der Waals surface area contributed by atoms with E-state index in [1.165, 1.54) is 0 Å². The summed E-state index contributed by atoms with van der Waals surface area (Å²) in [6.45, 7) is 0. The molecule has 0 aliphatic heterocycles. The van der Waals surface area contributed by atoms with Crippen LogP contribution in [0.25, 0.3) is 0 Å². The van der Waals surface area contributed by atoms with Crippen LogP contribution in [0.4, 0.5) is 0 Å². The summed E-state index contributed by atoms with van der Waals surface area (Å²) in [5, 5.41) is 0.794. The monoisotopic (exact) mass is 430 g/mol. The first-order chi connectivity index (χ1) is 4.81. The summed E-state index contributed by atoms with van der Waals surface area (Å²) in [6, 6.07) is 9.44. The Morgan fingerprint density at radius 1 is 1.10 bits per heavy atom. The Hall–Kier alpha value is 1.59. The number of hydrogen-bond acceptors (Lipinski definition) is 0. The quantitative estimate of drug-likeness (QED) is 0.428. The van der Waals surface area contributed by atoms with E-state index in [1.807, 2.05) is 30.3 Å². The number of hydrogen-bond donors (Lipinski definition) is 0. The third-order valence-electron chi connectivity index (χ3n) is 0.733. The van der Waals surface area contributed by atoms with Gasteiger partial charge in [0.2, 0.25) is 0 Å². The molecule has 1 aromatic rings. The molecule has 0 unspecified atom stereocenters. The molecule has 0 nitrogen and oxygen atoms in total. The molecule has 0 aromatic heterocycles. The van der Waals surface area contributed by atoms with Crippen LogP contribution in [0.5, 0.6) is 0 Å². The minimum atomic E-state index is 0.0650. The van der Waals surface area contributed by atoms with Gasteiger partial charge in [0.1, 0.15) is 0 Å². The molecule has 0 saturated carbocycles. The summed E-state index contributed by atoms with van der Waals surface area (Å²) in [7, 11) is 0.0650. The van der Waals surface area contributed by atoms with Crippen LogP contribution in [0.2, 0.25) is 5.02 Å². The van der Waals surface area contributed by atoms with Crippen molar-refractivity contribution in [1.29, 1.82) is 0 Å². The van der Waals surface area contributed by atoms with Crippen molar-refractivity contribution in [2.45, 2.75) is 0 Å². The van der Waals surface area contributed by atoms with Crippen LogP contribution in [0.3, 0.4) is 0 Å². The van der Waals surface area contributed by atoms with Crippen LogP contribution < -0.4 is 0 Å². The zero-order valence-corrected chi connectivity index (χ0v) is 13.3. The van der Waals surface area contributed by atoms with Crippen molar-refractivity contribution in [2.24, 2.45) is 0 Å². The molecule has 10 heavy (non-hydrogen) atoms. The van der Waals surface area contributed by atoms with Gasteiger partial charge in [0.15, 0.2) is 0 Å². The minimum absolute atomic E-state index is 0.0650. The predicted molar refractivity (Wildman–Crippen MR) is 59.5 cm³/mol. The van der Waals surface area contributed by atoms with E-state index >= 15 is 0 Å². The molecule has 4 heteroatoms. The summed E-state index contributed by atoms with van der Waals surface area (Å²) in [5.41, 5.74) is 0. The molecule has 1 rings (SSSR count). The molecule has 0 heterocycles. The van der Waals surface area contributed by atoms with E-state index in [9.17, 15) is 0 Å². The van der Waals surface area contributed by atoms with Crippen molar-refractivity contribution < 1.29 is 10.1 Å². The van der Waals surface area contributed by atoms with Gasteiger partial charge in [-0.2, -0.15) is 0 Å². The van der Waals surface area contributed by atoms with Crippen LogP contribution >= 0.6 is 51.1 Å². The topological polar surface area (TPSA) is 0 Å². The van der Waals surface area contributed by atoms with Crippen molar-refractivity contribution in [3.8, 4) is 0 Å². The molecular formula is C6H5ClI2Zn. The average Bonchev–Trinajstić information content (AvgIpc) is 1.91. The van der Waals surface area contributed by atoms with Gasteiger partial charge >= 0.3 is 49.6 Å². The molecule has 1 aromatic carbocycles. The second-order valence-corrected chi connectivity index (χ2v) is 25.4. The molecule has 0 aliphatic rings. The maximum absolute atomic E-state index is 5.54. The third kappa shape index (κ3) is 7.70. The number of halogens is 3. The summed E-state index contributed by atoms with van der Waals surface area (Å²) in [6.07, 6.45) is 0. The van der Waals surface area contributed by atoms with E-state index in [4.69, 9.17) is 11.6 Å². The molecule has 0 N–H and O–H groups in total. The molecule has 0 atom stereocenters. The summed E-state index contributed by atoms with van der Waals surface area (Å²) >= 11 is 10.5. The maximum atomic E-state index is 5.54. The fourth-order valence-electron chi connectivity index (χ4n) is 0.415. The second kappa shape index (κ2) is 8.69. The van der Waals surface area contributed by atoms with Gasteiger partial charge in [-0.05, 0) is 12.1 Å². The first-order valence-electron chi connectivity index (χ1n) is 2.63. The van der Waals surface area contributed by atoms with Crippen molar-refractivity contribution >= 4 is 51.1 Å². The van der Waals surface area contributed by atoms with Gasteiger partial charge in [0.25, 0.3) is 0 Å². The van der Waals surface area contributed by atoms with Crippen molar-refractivity contribution in [3.63, 3.8) is 0 Å². The molecule has 0 amide bonds. The fraction of sp³-hybridized carbons (Fsp3) is 0. The zero-order valence-electron chi connectivity index (χ0n) is 5.23. The summed E-state index contributed by atoms with van der Waals surface area (Å²) in [5.74, 6) is 0. The Labute approximate surface area is 95.1 Å². The van der Waals surface area contributed by atoms with E-state index < -0.39 is 0 Å². The van der Waals surface area contributed by atoms with Crippen LogP contribution in [0.15, 0.2) is 30.3 Å². The van der Waals surface area contributed by atoms with E-state index in [2.05, 4.69) is 39.5 Å². The van der Waals surface area contributed by atoms with Gasteiger partial charge in [-0.3, -0.25) is 0 Å². The molecule has 0 saturated heterocycles. The Kier molecular flexibility index (Phi) is 10.1. The first kappa shape index (κ1) is 11.6. The molecular weight excluding hydrogens is 427 g/mol. The number of benzene rings is 1. The number of rotatable bonds is 0. The Balaban J connectivity index is 0.000000236. The van der Waals surface area contributed by atoms with E-state index in [1.54, 1.807) is 0 Å². The molecule has 0 spiro atoms. The summed E-state index contributed by atoms with van der Waals surface area (Å²) < 4.78 is 0.